The Morgan fingerprint density at radius 2 is 2.30 bits per heavy atom. The third-order valence-corrected chi connectivity index (χ3v) is 4.60. The van der Waals surface area contributed by atoms with Crippen molar-refractivity contribution in [3.63, 3.8) is 0 Å². The maximum absolute atomic E-state index is 5.95. The van der Waals surface area contributed by atoms with Gasteiger partial charge in [-0.05, 0) is 38.0 Å². The summed E-state index contributed by atoms with van der Waals surface area (Å²) in [6.07, 6.45) is 4.48. The lowest BCUT2D eigenvalue weighted by atomic mass is 10.2. The van der Waals surface area contributed by atoms with Crippen molar-refractivity contribution < 1.29 is 4.74 Å². The summed E-state index contributed by atoms with van der Waals surface area (Å²) in [4.78, 5) is 5.41. The number of nitrogens with one attached hydrogen (secondary N) is 1. The number of benzene rings is 1. The van der Waals surface area contributed by atoms with Crippen LogP contribution in [0, 0.1) is 6.92 Å². The Morgan fingerprint density at radius 3 is 3.00 bits per heavy atom. The van der Waals surface area contributed by atoms with Crippen LogP contribution in [0.4, 0.5) is 0 Å². The first-order valence-corrected chi connectivity index (χ1v) is 8.37. The third kappa shape index (κ3) is 3.81. The summed E-state index contributed by atoms with van der Waals surface area (Å²) in [5.74, 6) is 0.951. The molecule has 0 bridgehead atoms. The molecule has 20 heavy (non-hydrogen) atoms. The zero-order valence-corrected chi connectivity index (χ0v) is 13.8. The van der Waals surface area contributed by atoms with E-state index in [1.165, 1.54) is 18.4 Å². The SMILES string of the molecule is Cc1ncc(COc2ccc(Br)cc2CNC2CC2)s1. The molecule has 1 N–H and O–H groups in total. The van der Waals surface area contributed by atoms with E-state index in [1.807, 2.05) is 25.3 Å². The van der Waals surface area contributed by atoms with Crippen LogP contribution in [0.3, 0.4) is 0 Å². The molecule has 0 unspecified atom stereocenters. The lowest BCUT2D eigenvalue weighted by molar-refractivity contribution is 0.305. The van der Waals surface area contributed by atoms with Crippen LogP contribution in [0.2, 0.25) is 0 Å². The van der Waals surface area contributed by atoms with Crippen LogP contribution < -0.4 is 10.1 Å². The highest BCUT2D eigenvalue weighted by molar-refractivity contribution is 9.10. The number of halogens is 1. The van der Waals surface area contributed by atoms with E-state index < -0.39 is 0 Å². The molecule has 1 heterocycles. The predicted octanol–water partition coefficient (Wildman–Crippen LogP) is 4.05. The summed E-state index contributed by atoms with van der Waals surface area (Å²) in [5.41, 5.74) is 1.20. The molecule has 0 saturated heterocycles. The second kappa shape index (κ2) is 6.24. The average Bonchev–Trinajstić information content (AvgIpc) is 3.17. The van der Waals surface area contributed by atoms with E-state index in [4.69, 9.17) is 4.74 Å². The monoisotopic (exact) mass is 352 g/mol. The van der Waals surface area contributed by atoms with Gasteiger partial charge in [-0.1, -0.05) is 15.9 Å². The van der Waals surface area contributed by atoms with E-state index in [-0.39, 0.29) is 0 Å². The topological polar surface area (TPSA) is 34.1 Å². The summed E-state index contributed by atoms with van der Waals surface area (Å²) < 4.78 is 7.04. The van der Waals surface area contributed by atoms with E-state index in [2.05, 4.69) is 32.3 Å². The maximum atomic E-state index is 5.95. The van der Waals surface area contributed by atoms with Crippen molar-refractivity contribution in [3.05, 3.63) is 44.3 Å². The minimum Gasteiger partial charge on any atom is -0.488 e. The van der Waals surface area contributed by atoms with Gasteiger partial charge in [0.1, 0.15) is 12.4 Å². The van der Waals surface area contributed by atoms with E-state index >= 15 is 0 Å². The predicted molar refractivity (Wildman–Crippen MR) is 85.2 cm³/mol. The number of nitrogens with zero attached hydrogens (tertiary/aromatic N) is 1. The van der Waals surface area contributed by atoms with Gasteiger partial charge in [0.05, 0.1) is 9.88 Å². The van der Waals surface area contributed by atoms with Crippen LogP contribution in [-0.4, -0.2) is 11.0 Å². The van der Waals surface area contributed by atoms with Crippen LogP contribution >= 0.6 is 27.3 Å². The van der Waals surface area contributed by atoms with Crippen molar-refractivity contribution in [3.8, 4) is 5.75 Å². The van der Waals surface area contributed by atoms with Gasteiger partial charge in [0.25, 0.3) is 0 Å². The molecule has 106 valence electrons. The average molecular weight is 353 g/mol. The normalized spacial score (nSPS) is 14.5. The minimum absolute atomic E-state index is 0.587. The van der Waals surface area contributed by atoms with E-state index in [9.17, 15) is 0 Å². The quantitative estimate of drug-likeness (QED) is 0.851. The molecule has 1 fully saturated rings. The Bertz CT molecular complexity index is 595. The molecule has 5 heteroatoms. The zero-order chi connectivity index (χ0) is 13.9. The molecule has 0 atom stereocenters. The van der Waals surface area contributed by atoms with E-state index in [0.717, 1.165) is 26.7 Å². The van der Waals surface area contributed by atoms with Crippen LogP contribution in [-0.2, 0) is 13.2 Å². The number of hydrogen-bond donors (Lipinski definition) is 1. The standard InChI is InChI=1S/C15H17BrN2OS/c1-10-17-8-14(20-10)9-19-15-5-2-12(16)6-11(15)7-18-13-3-4-13/h2,5-6,8,13,18H,3-4,7,9H2,1H3. The second-order valence-electron chi connectivity index (χ2n) is 5.04. The highest BCUT2D eigenvalue weighted by atomic mass is 79.9. The Kier molecular flexibility index (Phi) is 4.38. The zero-order valence-electron chi connectivity index (χ0n) is 11.4. The number of aromatic nitrogens is 1. The Hall–Kier alpha value is -0.910. The first-order valence-electron chi connectivity index (χ1n) is 6.76. The molecule has 2 aromatic rings. The van der Waals surface area contributed by atoms with Crippen molar-refractivity contribution in [2.24, 2.45) is 0 Å². The molecule has 1 aromatic heterocycles. The van der Waals surface area contributed by atoms with Crippen LogP contribution in [0.25, 0.3) is 0 Å². The summed E-state index contributed by atoms with van der Waals surface area (Å²) in [6.45, 7) is 3.46. The molecule has 1 saturated carbocycles. The molecule has 1 aliphatic rings. The van der Waals surface area contributed by atoms with Crippen molar-refractivity contribution in [2.45, 2.75) is 39.0 Å². The molecular formula is C15H17BrN2OS. The van der Waals surface area contributed by atoms with Gasteiger partial charge in [-0.15, -0.1) is 11.3 Å². The number of thiazole rings is 1. The summed E-state index contributed by atoms with van der Waals surface area (Å²) in [6, 6.07) is 6.88. The summed E-state index contributed by atoms with van der Waals surface area (Å²) in [5, 5.41) is 4.61. The Balaban J connectivity index is 1.66. The largest absolute Gasteiger partial charge is 0.488 e. The van der Waals surface area contributed by atoms with Gasteiger partial charge in [0, 0.05) is 28.8 Å². The van der Waals surface area contributed by atoms with Crippen molar-refractivity contribution >= 4 is 27.3 Å². The lowest BCUT2D eigenvalue weighted by Crippen LogP contribution is -2.16. The van der Waals surface area contributed by atoms with E-state index in [0.29, 0.717) is 12.6 Å². The third-order valence-electron chi connectivity index (χ3n) is 3.22. The van der Waals surface area contributed by atoms with Crippen molar-refractivity contribution in [1.29, 1.82) is 0 Å². The van der Waals surface area contributed by atoms with E-state index in [1.54, 1.807) is 11.3 Å². The number of rotatable bonds is 6. The lowest BCUT2D eigenvalue weighted by Gasteiger charge is -2.12. The molecule has 0 aliphatic heterocycles. The van der Waals surface area contributed by atoms with Gasteiger partial charge in [-0.3, -0.25) is 0 Å². The van der Waals surface area contributed by atoms with Gasteiger partial charge in [0.2, 0.25) is 0 Å². The summed E-state index contributed by atoms with van der Waals surface area (Å²) >= 11 is 5.21. The first kappa shape index (κ1) is 14.0. The fourth-order valence-electron chi connectivity index (χ4n) is 1.99. The highest BCUT2D eigenvalue weighted by Gasteiger charge is 2.20. The van der Waals surface area contributed by atoms with Gasteiger partial charge >= 0.3 is 0 Å². The van der Waals surface area contributed by atoms with Gasteiger partial charge in [-0.2, -0.15) is 0 Å². The molecule has 0 spiro atoms. The molecule has 1 aromatic carbocycles. The maximum Gasteiger partial charge on any atom is 0.124 e. The Morgan fingerprint density at radius 1 is 1.45 bits per heavy atom. The van der Waals surface area contributed by atoms with Crippen molar-refractivity contribution in [2.75, 3.05) is 0 Å². The first-order chi connectivity index (χ1) is 9.70. The summed E-state index contributed by atoms with van der Waals surface area (Å²) in [7, 11) is 0. The number of aryl methyl sites for hydroxylation is 1. The van der Waals surface area contributed by atoms with Crippen LogP contribution in [0.5, 0.6) is 5.75 Å². The fraction of sp³-hybridized carbons (Fsp3) is 0.400. The highest BCUT2D eigenvalue weighted by Crippen LogP contribution is 2.26. The molecule has 3 rings (SSSR count). The number of ether oxygens (including phenoxy) is 1. The fourth-order valence-corrected chi connectivity index (χ4v) is 3.11. The van der Waals surface area contributed by atoms with Crippen molar-refractivity contribution in [1.82, 2.24) is 10.3 Å². The smallest absolute Gasteiger partial charge is 0.124 e. The molecule has 0 amide bonds. The van der Waals surface area contributed by atoms with Crippen LogP contribution in [0.1, 0.15) is 28.3 Å². The van der Waals surface area contributed by atoms with Gasteiger partial charge in [-0.25, -0.2) is 4.98 Å². The minimum atomic E-state index is 0.587. The molecule has 0 radical (unpaired) electrons. The van der Waals surface area contributed by atoms with Crippen LogP contribution in [0.15, 0.2) is 28.9 Å². The second-order valence-corrected chi connectivity index (χ2v) is 7.28. The van der Waals surface area contributed by atoms with Gasteiger partial charge < -0.3 is 10.1 Å². The Labute approximate surface area is 131 Å². The number of hydrogen-bond acceptors (Lipinski definition) is 4. The molecule has 1 aliphatic carbocycles. The van der Waals surface area contributed by atoms with Gasteiger partial charge in [0.15, 0.2) is 0 Å². The molecular weight excluding hydrogens is 336 g/mol. The molecule has 3 nitrogen and oxygen atoms in total.